The van der Waals surface area contributed by atoms with Crippen molar-refractivity contribution >= 4 is 17.5 Å². The van der Waals surface area contributed by atoms with Gasteiger partial charge in [-0.25, -0.2) is 0 Å². The van der Waals surface area contributed by atoms with Crippen LogP contribution in [0.15, 0.2) is 42.5 Å². The summed E-state index contributed by atoms with van der Waals surface area (Å²) in [5.41, 5.74) is 4.60. The Hall–Kier alpha value is -3.02. The van der Waals surface area contributed by atoms with E-state index in [1.165, 1.54) is 36.1 Å². The molecule has 0 aromatic heterocycles. The summed E-state index contributed by atoms with van der Waals surface area (Å²) in [5, 5.41) is 0. The van der Waals surface area contributed by atoms with Crippen LogP contribution in [0.25, 0.3) is 0 Å². The van der Waals surface area contributed by atoms with Crippen molar-refractivity contribution in [2.75, 3.05) is 51.3 Å². The molecular weight excluding hydrogens is 498 g/mol. The number of hydrogen-bond donors (Lipinski definition) is 0. The molecule has 3 heterocycles. The van der Waals surface area contributed by atoms with Crippen LogP contribution < -0.4 is 9.64 Å². The summed E-state index contributed by atoms with van der Waals surface area (Å²) in [6.07, 6.45) is 11.2. The largest absolute Gasteiger partial charge is 0.493 e. The standard InChI is InChI=1S/C34H47N3O3/c1-27-15-16-29(25-30(27)36-20-8-3-9-21-36)33(39)37-22-18-34(19-23-37)17-7-6-12-28-11-4-5-13-31(28)40-24-10-14-32(38)35(2)26-34/h4-5,11,13,15-16,25H,3,6-10,12,14,17-24,26H2,1-2H3. The number of ether oxygens (including phenoxy) is 1. The minimum absolute atomic E-state index is 0.0631. The summed E-state index contributed by atoms with van der Waals surface area (Å²) in [6.45, 7) is 7.16. The molecule has 2 aromatic carbocycles. The first kappa shape index (κ1) is 28.5. The molecule has 3 aliphatic heterocycles. The number of aryl methyl sites for hydroxylation is 2. The van der Waals surface area contributed by atoms with Gasteiger partial charge in [0, 0.05) is 57.4 Å². The first-order valence-corrected chi connectivity index (χ1v) is 15.5. The Kier molecular flexibility index (Phi) is 9.33. The zero-order chi connectivity index (χ0) is 28.0. The van der Waals surface area contributed by atoms with Gasteiger partial charge in [0.2, 0.25) is 5.91 Å². The quantitative estimate of drug-likeness (QED) is 0.448. The summed E-state index contributed by atoms with van der Waals surface area (Å²) >= 11 is 0. The van der Waals surface area contributed by atoms with E-state index < -0.39 is 0 Å². The van der Waals surface area contributed by atoms with Crippen LogP contribution in [-0.2, 0) is 11.2 Å². The van der Waals surface area contributed by atoms with Gasteiger partial charge in [0.05, 0.1) is 6.61 Å². The molecule has 2 aromatic rings. The van der Waals surface area contributed by atoms with Gasteiger partial charge >= 0.3 is 0 Å². The molecule has 40 heavy (non-hydrogen) atoms. The van der Waals surface area contributed by atoms with Gasteiger partial charge in [-0.1, -0.05) is 30.7 Å². The Morgan fingerprint density at radius 1 is 0.850 bits per heavy atom. The number of carbonyl (C=O) groups excluding carboxylic acids is 2. The van der Waals surface area contributed by atoms with Crippen molar-refractivity contribution in [1.82, 2.24) is 9.80 Å². The molecule has 2 amide bonds. The fraction of sp³-hybridized carbons (Fsp3) is 0.588. The van der Waals surface area contributed by atoms with E-state index >= 15 is 0 Å². The molecule has 3 aliphatic rings. The molecule has 0 bridgehead atoms. The number of anilines is 1. The molecule has 0 atom stereocenters. The Morgan fingerprint density at radius 2 is 1.62 bits per heavy atom. The van der Waals surface area contributed by atoms with Gasteiger partial charge < -0.3 is 19.4 Å². The fourth-order valence-corrected chi connectivity index (χ4v) is 6.93. The number of hydrogen-bond acceptors (Lipinski definition) is 4. The molecule has 0 saturated carbocycles. The van der Waals surface area contributed by atoms with E-state index in [0.29, 0.717) is 13.0 Å². The maximum absolute atomic E-state index is 13.7. The van der Waals surface area contributed by atoms with Gasteiger partial charge in [0.1, 0.15) is 5.75 Å². The highest BCUT2D eigenvalue weighted by Gasteiger charge is 2.37. The van der Waals surface area contributed by atoms with Crippen LogP contribution in [0.2, 0.25) is 0 Å². The van der Waals surface area contributed by atoms with Crippen molar-refractivity contribution in [2.45, 2.75) is 77.6 Å². The van der Waals surface area contributed by atoms with E-state index in [1.54, 1.807) is 0 Å². The van der Waals surface area contributed by atoms with E-state index in [0.717, 1.165) is 89.0 Å². The predicted molar refractivity (Wildman–Crippen MR) is 161 cm³/mol. The number of likely N-dealkylation sites (tertiary alicyclic amines) is 1. The van der Waals surface area contributed by atoms with Crippen molar-refractivity contribution < 1.29 is 14.3 Å². The van der Waals surface area contributed by atoms with Gasteiger partial charge in [-0.05, 0) is 99.5 Å². The highest BCUT2D eigenvalue weighted by atomic mass is 16.5. The molecule has 0 unspecified atom stereocenters. The number of nitrogens with zero attached hydrogens (tertiary/aromatic N) is 3. The van der Waals surface area contributed by atoms with Gasteiger partial charge in [-0.15, -0.1) is 0 Å². The number of carbonyl (C=O) groups is 2. The van der Waals surface area contributed by atoms with Crippen molar-refractivity contribution in [2.24, 2.45) is 5.41 Å². The van der Waals surface area contributed by atoms with Crippen LogP contribution in [-0.4, -0.2) is 68.0 Å². The number of amides is 2. The van der Waals surface area contributed by atoms with E-state index in [-0.39, 0.29) is 17.2 Å². The molecule has 2 saturated heterocycles. The number of rotatable bonds is 2. The molecule has 6 heteroatoms. The molecule has 2 fully saturated rings. The molecule has 6 nitrogen and oxygen atoms in total. The Morgan fingerprint density at radius 3 is 2.42 bits per heavy atom. The first-order chi connectivity index (χ1) is 19.4. The number of fused-ring (bicyclic) bond motifs is 1. The Labute approximate surface area is 240 Å². The highest BCUT2D eigenvalue weighted by Crippen LogP contribution is 2.39. The first-order valence-electron chi connectivity index (χ1n) is 15.5. The summed E-state index contributed by atoms with van der Waals surface area (Å²) in [6, 6.07) is 14.6. The monoisotopic (exact) mass is 545 g/mol. The van der Waals surface area contributed by atoms with Gasteiger partial charge in [-0.2, -0.15) is 0 Å². The minimum Gasteiger partial charge on any atom is -0.493 e. The molecule has 216 valence electrons. The lowest BCUT2D eigenvalue weighted by Gasteiger charge is -2.44. The number of piperidine rings is 2. The second kappa shape index (κ2) is 13.1. The summed E-state index contributed by atoms with van der Waals surface area (Å²) in [4.78, 5) is 33.1. The van der Waals surface area contributed by atoms with E-state index in [1.807, 2.05) is 30.1 Å². The summed E-state index contributed by atoms with van der Waals surface area (Å²) < 4.78 is 6.03. The number of para-hydroxylation sites is 1. The predicted octanol–water partition coefficient (Wildman–Crippen LogP) is 6.25. The van der Waals surface area contributed by atoms with Crippen LogP contribution in [0, 0.1) is 12.3 Å². The normalized spacial score (nSPS) is 20.9. The molecule has 1 spiro atoms. The molecule has 0 aliphatic carbocycles. The summed E-state index contributed by atoms with van der Waals surface area (Å²) in [7, 11) is 1.96. The third-order valence-electron chi connectivity index (χ3n) is 9.43. The van der Waals surface area contributed by atoms with Crippen LogP contribution in [0.3, 0.4) is 0 Å². The third kappa shape index (κ3) is 6.82. The van der Waals surface area contributed by atoms with Gasteiger partial charge in [0.15, 0.2) is 0 Å². The molecule has 0 radical (unpaired) electrons. The van der Waals surface area contributed by atoms with Gasteiger partial charge in [-0.3, -0.25) is 9.59 Å². The van der Waals surface area contributed by atoms with E-state index in [9.17, 15) is 9.59 Å². The summed E-state index contributed by atoms with van der Waals surface area (Å²) in [5.74, 6) is 1.30. The average Bonchev–Trinajstić information content (AvgIpc) is 2.98. The second-order valence-electron chi connectivity index (χ2n) is 12.4. The van der Waals surface area contributed by atoms with Crippen LogP contribution in [0.5, 0.6) is 5.75 Å². The van der Waals surface area contributed by atoms with Crippen LogP contribution in [0.1, 0.15) is 85.7 Å². The maximum Gasteiger partial charge on any atom is 0.253 e. The SMILES string of the molecule is Cc1ccc(C(=O)N2CCC3(CCCCc4ccccc4OCCCC(=O)N(C)C3)CC2)cc1N1CCCCC1. The van der Waals surface area contributed by atoms with Gasteiger partial charge in [0.25, 0.3) is 5.91 Å². The second-order valence-corrected chi connectivity index (χ2v) is 12.4. The lowest BCUT2D eigenvalue weighted by Crippen LogP contribution is -2.48. The smallest absolute Gasteiger partial charge is 0.253 e. The third-order valence-corrected chi connectivity index (χ3v) is 9.43. The van der Waals surface area contributed by atoms with Crippen molar-refractivity contribution in [3.8, 4) is 5.75 Å². The van der Waals surface area contributed by atoms with Crippen LogP contribution in [0.4, 0.5) is 5.69 Å². The highest BCUT2D eigenvalue weighted by molar-refractivity contribution is 5.95. The minimum atomic E-state index is 0.0631. The molecule has 5 rings (SSSR count). The zero-order valence-corrected chi connectivity index (χ0v) is 24.6. The Balaban J connectivity index is 1.26. The van der Waals surface area contributed by atoms with Crippen molar-refractivity contribution in [3.63, 3.8) is 0 Å². The van der Waals surface area contributed by atoms with E-state index in [4.69, 9.17) is 4.74 Å². The maximum atomic E-state index is 13.7. The molecule has 0 N–H and O–H groups in total. The van der Waals surface area contributed by atoms with Crippen molar-refractivity contribution in [1.29, 1.82) is 0 Å². The van der Waals surface area contributed by atoms with E-state index in [2.05, 4.69) is 41.0 Å². The fourth-order valence-electron chi connectivity index (χ4n) is 6.93. The van der Waals surface area contributed by atoms with Crippen LogP contribution >= 0.6 is 0 Å². The Bertz CT molecular complexity index is 1160. The lowest BCUT2D eigenvalue weighted by molar-refractivity contribution is -0.132. The number of benzene rings is 2. The van der Waals surface area contributed by atoms with Crippen molar-refractivity contribution in [3.05, 3.63) is 59.2 Å². The topological polar surface area (TPSA) is 53.1 Å². The average molecular weight is 546 g/mol. The molecular formula is C34H47N3O3. The zero-order valence-electron chi connectivity index (χ0n) is 24.6. The lowest BCUT2D eigenvalue weighted by atomic mass is 9.73.